The predicted octanol–water partition coefficient (Wildman–Crippen LogP) is 0.592. The maximum Gasteiger partial charge on any atom is 0.222 e. The molecule has 0 spiro atoms. The van der Waals surface area contributed by atoms with Crippen LogP contribution < -0.4 is 5.73 Å². The number of carbonyl (C=O) groups excluding carboxylic acids is 1. The van der Waals surface area contributed by atoms with Crippen LogP contribution in [0.2, 0.25) is 0 Å². The van der Waals surface area contributed by atoms with Gasteiger partial charge >= 0.3 is 0 Å². The molecule has 0 aromatic heterocycles. The molecule has 1 aliphatic heterocycles. The molecule has 70 valence electrons. The quantitative estimate of drug-likeness (QED) is 0.626. The van der Waals surface area contributed by atoms with Gasteiger partial charge in [-0.2, -0.15) is 0 Å². The molecule has 2 unspecified atom stereocenters. The Bertz CT molecular complexity index is 160. The maximum absolute atomic E-state index is 11.3. The molecule has 0 aromatic rings. The summed E-state index contributed by atoms with van der Waals surface area (Å²) < 4.78 is 0. The van der Waals surface area contributed by atoms with Gasteiger partial charge in [0.15, 0.2) is 0 Å². The number of nitrogens with zero attached hydrogens (tertiary/aromatic N) is 1. The van der Waals surface area contributed by atoms with Crippen LogP contribution in [-0.2, 0) is 4.79 Å². The van der Waals surface area contributed by atoms with Gasteiger partial charge in [0.1, 0.15) is 0 Å². The molecule has 3 heteroatoms. The van der Waals surface area contributed by atoms with E-state index in [9.17, 15) is 4.79 Å². The highest BCUT2D eigenvalue weighted by molar-refractivity contribution is 5.75. The smallest absolute Gasteiger partial charge is 0.222 e. The first kappa shape index (κ1) is 9.52. The second-order valence-electron chi connectivity index (χ2n) is 3.75. The molecule has 1 heterocycles. The Hall–Kier alpha value is -0.570. The molecule has 1 rings (SSSR count). The topological polar surface area (TPSA) is 46.3 Å². The highest BCUT2D eigenvalue weighted by Crippen LogP contribution is 2.15. The first-order valence-electron chi connectivity index (χ1n) is 4.66. The van der Waals surface area contributed by atoms with Crippen LogP contribution in [0.15, 0.2) is 0 Å². The summed E-state index contributed by atoms with van der Waals surface area (Å²) >= 11 is 0. The van der Waals surface area contributed by atoms with Crippen molar-refractivity contribution in [3.63, 3.8) is 0 Å². The third-order valence-corrected chi connectivity index (χ3v) is 2.35. The second-order valence-corrected chi connectivity index (χ2v) is 3.75. The number of rotatable bonds is 1. The van der Waals surface area contributed by atoms with E-state index in [-0.39, 0.29) is 11.9 Å². The number of piperidine rings is 1. The van der Waals surface area contributed by atoms with Crippen molar-refractivity contribution in [2.24, 2.45) is 11.7 Å². The molecule has 0 bridgehead atoms. The molecular formula is C9H18N2O. The lowest BCUT2D eigenvalue weighted by Gasteiger charge is -2.34. The van der Waals surface area contributed by atoms with Gasteiger partial charge in [-0.15, -0.1) is 0 Å². The van der Waals surface area contributed by atoms with Crippen molar-refractivity contribution in [1.29, 1.82) is 0 Å². The van der Waals surface area contributed by atoms with Crippen molar-refractivity contribution >= 4 is 5.91 Å². The van der Waals surface area contributed by atoms with E-state index >= 15 is 0 Å². The SMILES string of the molecule is CCC(=O)N1CC(C)CC(N)C1. The van der Waals surface area contributed by atoms with Gasteiger partial charge in [0.2, 0.25) is 5.91 Å². The van der Waals surface area contributed by atoms with Gasteiger partial charge in [0.05, 0.1) is 0 Å². The molecule has 0 aromatic carbocycles. The van der Waals surface area contributed by atoms with Crippen LogP contribution in [0, 0.1) is 5.92 Å². The fraction of sp³-hybridized carbons (Fsp3) is 0.889. The third-order valence-electron chi connectivity index (χ3n) is 2.35. The molecule has 0 saturated carbocycles. The summed E-state index contributed by atoms with van der Waals surface area (Å²) in [7, 11) is 0. The van der Waals surface area contributed by atoms with Gasteiger partial charge in [-0.05, 0) is 12.3 Å². The Morgan fingerprint density at radius 3 is 2.75 bits per heavy atom. The van der Waals surface area contributed by atoms with Gasteiger partial charge in [-0.3, -0.25) is 4.79 Å². The van der Waals surface area contributed by atoms with E-state index in [0.29, 0.717) is 12.3 Å². The van der Waals surface area contributed by atoms with E-state index in [4.69, 9.17) is 5.73 Å². The van der Waals surface area contributed by atoms with Crippen molar-refractivity contribution in [1.82, 2.24) is 4.90 Å². The lowest BCUT2D eigenvalue weighted by Crippen LogP contribution is -2.48. The molecule has 0 aliphatic carbocycles. The van der Waals surface area contributed by atoms with Crippen LogP contribution in [0.25, 0.3) is 0 Å². The summed E-state index contributed by atoms with van der Waals surface area (Å²) in [6, 6.07) is 0.184. The lowest BCUT2D eigenvalue weighted by atomic mass is 9.96. The van der Waals surface area contributed by atoms with E-state index in [2.05, 4.69) is 6.92 Å². The molecule has 1 amide bonds. The summed E-state index contributed by atoms with van der Waals surface area (Å²) in [5.74, 6) is 0.793. The number of nitrogens with two attached hydrogens (primary N) is 1. The Morgan fingerprint density at radius 1 is 1.58 bits per heavy atom. The van der Waals surface area contributed by atoms with Crippen molar-refractivity contribution in [2.75, 3.05) is 13.1 Å². The minimum absolute atomic E-state index is 0.184. The average Bonchev–Trinajstić information content (AvgIpc) is 2.01. The van der Waals surface area contributed by atoms with Crippen molar-refractivity contribution in [3.05, 3.63) is 0 Å². The van der Waals surface area contributed by atoms with E-state index < -0.39 is 0 Å². The van der Waals surface area contributed by atoms with Crippen LogP contribution in [0.1, 0.15) is 26.7 Å². The molecule has 1 saturated heterocycles. The van der Waals surface area contributed by atoms with E-state index in [1.54, 1.807) is 0 Å². The van der Waals surface area contributed by atoms with Gasteiger partial charge in [0.25, 0.3) is 0 Å². The molecular weight excluding hydrogens is 152 g/mol. The van der Waals surface area contributed by atoms with Crippen molar-refractivity contribution in [2.45, 2.75) is 32.7 Å². The first-order chi connectivity index (χ1) is 5.63. The Balaban J connectivity index is 2.49. The first-order valence-corrected chi connectivity index (χ1v) is 4.66. The number of likely N-dealkylation sites (tertiary alicyclic amines) is 1. The number of hydrogen-bond donors (Lipinski definition) is 1. The monoisotopic (exact) mass is 170 g/mol. The van der Waals surface area contributed by atoms with Crippen molar-refractivity contribution < 1.29 is 4.79 Å². The van der Waals surface area contributed by atoms with Crippen molar-refractivity contribution in [3.8, 4) is 0 Å². The maximum atomic E-state index is 11.3. The van der Waals surface area contributed by atoms with E-state index in [1.807, 2.05) is 11.8 Å². The summed E-state index contributed by atoms with van der Waals surface area (Å²) in [4.78, 5) is 13.2. The van der Waals surface area contributed by atoms with Crippen LogP contribution in [0.4, 0.5) is 0 Å². The standard InChI is InChI=1S/C9H18N2O/c1-3-9(12)11-5-7(2)4-8(10)6-11/h7-8H,3-6,10H2,1-2H3. The minimum Gasteiger partial charge on any atom is -0.341 e. The van der Waals surface area contributed by atoms with Gasteiger partial charge in [0, 0.05) is 25.6 Å². The molecule has 1 aliphatic rings. The van der Waals surface area contributed by atoms with Crippen LogP contribution in [0.5, 0.6) is 0 Å². The van der Waals surface area contributed by atoms with Crippen LogP contribution in [0.3, 0.4) is 0 Å². The summed E-state index contributed by atoms with van der Waals surface area (Å²) in [6.07, 6.45) is 1.65. The fourth-order valence-electron chi connectivity index (χ4n) is 1.83. The number of carbonyl (C=O) groups is 1. The molecule has 0 radical (unpaired) electrons. The minimum atomic E-state index is 0.184. The van der Waals surface area contributed by atoms with Crippen LogP contribution >= 0.6 is 0 Å². The normalized spacial score (nSPS) is 30.4. The molecule has 2 N–H and O–H groups in total. The number of hydrogen-bond acceptors (Lipinski definition) is 2. The molecule has 2 atom stereocenters. The zero-order chi connectivity index (χ0) is 9.14. The van der Waals surface area contributed by atoms with E-state index in [0.717, 1.165) is 19.5 Å². The van der Waals surface area contributed by atoms with Gasteiger partial charge < -0.3 is 10.6 Å². The summed E-state index contributed by atoms with van der Waals surface area (Å²) in [5.41, 5.74) is 5.81. The molecule has 1 fully saturated rings. The zero-order valence-electron chi connectivity index (χ0n) is 7.92. The number of amides is 1. The Morgan fingerprint density at radius 2 is 2.25 bits per heavy atom. The van der Waals surface area contributed by atoms with Crippen LogP contribution in [-0.4, -0.2) is 29.9 Å². The molecule has 12 heavy (non-hydrogen) atoms. The summed E-state index contributed by atoms with van der Waals surface area (Å²) in [6.45, 7) is 5.68. The second kappa shape index (κ2) is 3.90. The van der Waals surface area contributed by atoms with Gasteiger partial charge in [-0.1, -0.05) is 13.8 Å². The third kappa shape index (κ3) is 2.21. The van der Waals surface area contributed by atoms with E-state index in [1.165, 1.54) is 0 Å². The van der Waals surface area contributed by atoms with Gasteiger partial charge in [-0.25, -0.2) is 0 Å². The predicted molar refractivity (Wildman–Crippen MR) is 48.6 cm³/mol. The Kier molecular flexibility index (Phi) is 3.09. The average molecular weight is 170 g/mol. The Labute approximate surface area is 73.9 Å². The lowest BCUT2D eigenvalue weighted by molar-refractivity contribution is -0.132. The zero-order valence-corrected chi connectivity index (χ0v) is 7.92. The molecule has 3 nitrogen and oxygen atoms in total. The highest BCUT2D eigenvalue weighted by Gasteiger charge is 2.24. The largest absolute Gasteiger partial charge is 0.341 e. The highest BCUT2D eigenvalue weighted by atomic mass is 16.2. The summed E-state index contributed by atoms with van der Waals surface area (Å²) in [5, 5.41) is 0. The fourth-order valence-corrected chi connectivity index (χ4v) is 1.83.